The first-order valence-corrected chi connectivity index (χ1v) is 9.30. The molecule has 24 heavy (non-hydrogen) atoms. The average Bonchev–Trinajstić information content (AvgIpc) is 3.12. The Bertz CT molecular complexity index is 724. The highest BCUT2D eigenvalue weighted by Crippen LogP contribution is 2.33. The number of hydrogen-bond acceptors (Lipinski definition) is 7. The van der Waals surface area contributed by atoms with Gasteiger partial charge in [-0.25, -0.2) is 4.79 Å². The number of nitrogens with one attached hydrogen (secondary N) is 1. The molecular weight excluding hydrogens is 348 g/mol. The van der Waals surface area contributed by atoms with Crippen molar-refractivity contribution in [1.82, 2.24) is 14.8 Å². The van der Waals surface area contributed by atoms with Gasteiger partial charge in [0, 0.05) is 11.9 Å². The predicted octanol–water partition coefficient (Wildman–Crippen LogP) is 2.91. The second kappa shape index (κ2) is 8.29. The highest BCUT2D eigenvalue weighted by molar-refractivity contribution is 7.99. The molecule has 0 atom stereocenters. The Morgan fingerprint density at radius 2 is 2.21 bits per heavy atom. The SMILES string of the molecule is CCOC(=O)c1cc(C(C)C)sc1NC(=O)CSc1nncn1C. The molecule has 0 aliphatic heterocycles. The summed E-state index contributed by atoms with van der Waals surface area (Å²) in [5.74, 6) is -0.173. The Labute approximate surface area is 148 Å². The quantitative estimate of drug-likeness (QED) is 0.597. The molecule has 0 saturated carbocycles. The predicted molar refractivity (Wildman–Crippen MR) is 94.7 cm³/mol. The zero-order chi connectivity index (χ0) is 17.7. The Kier molecular flexibility index (Phi) is 6.38. The number of esters is 1. The van der Waals surface area contributed by atoms with E-state index in [-0.39, 0.29) is 17.6 Å². The number of amides is 1. The molecule has 0 unspecified atom stereocenters. The van der Waals surface area contributed by atoms with Crippen molar-refractivity contribution in [3.63, 3.8) is 0 Å². The minimum Gasteiger partial charge on any atom is -0.462 e. The molecule has 1 amide bonds. The van der Waals surface area contributed by atoms with E-state index >= 15 is 0 Å². The number of thiophene rings is 1. The van der Waals surface area contributed by atoms with Gasteiger partial charge >= 0.3 is 5.97 Å². The Morgan fingerprint density at radius 3 is 2.79 bits per heavy atom. The Balaban J connectivity index is 2.08. The van der Waals surface area contributed by atoms with Gasteiger partial charge in [0.1, 0.15) is 11.3 Å². The first kappa shape index (κ1) is 18.5. The maximum absolute atomic E-state index is 12.2. The van der Waals surface area contributed by atoms with E-state index in [2.05, 4.69) is 15.5 Å². The van der Waals surface area contributed by atoms with Crippen molar-refractivity contribution in [2.45, 2.75) is 31.8 Å². The lowest BCUT2D eigenvalue weighted by atomic mass is 10.1. The van der Waals surface area contributed by atoms with E-state index in [1.807, 2.05) is 20.9 Å². The zero-order valence-corrected chi connectivity index (χ0v) is 15.7. The maximum Gasteiger partial charge on any atom is 0.341 e. The van der Waals surface area contributed by atoms with Crippen LogP contribution in [0.25, 0.3) is 0 Å². The Hall–Kier alpha value is -1.87. The van der Waals surface area contributed by atoms with Crippen LogP contribution in [0.4, 0.5) is 5.00 Å². The number of carbonyl (C=O) groups is 2. The topological polar surface area (TPSA) is 86.1 Å². The van der Waals surface area contributed by atoms with E-state index in [9.17, 15) is 9.59 Å². The molecule has 0 bridgehead atoms. The molecule has 2 aromatic heterocycles. The summed E-state index contributed by atoms with van der Waals surface area (Å²) in [4.78, 5) is 25.3. The summed E-state index contributed by atoms with van der Waals surface area (Å²) in [7, 11) is 1.81. The van der Waals surface area contributed by atoms with Crippen LogP contribution in [0.2, 0.25) is 0 Å². The van der Waals surface area contributed by atoms with Crippen molar-refractivity contribution >= 4 is 40.0 Å². The van der Waals surface area contributed by atoms with E-state index in [0.29, 0.717) is 22.3 Å². The molecule has 1 N–H and O–H groups in total. The molecule has 130 valence electrons. The highest BCUT2D eigenvalue weighted by atomic mass is 32.2. The van der Waals surface area contributed by atoms with Crippen LogP contribution in [-0.4, -0.2) is 39.0 Å². The monoisotopic (exact) mass is 368 g/mol. The molecule has 0 spiro atoms. The lowest BCUT2D eigenvalue weighted by molar-refractivity contribution is -0.113. The third-order valence-electron chi connectivity index (χ3n) is 3.07. The molecule has 0 fully saturated rings. The van der Waals surface area contributed by atoms with E-state index in [4.69, 9.17) is 4.74 Å². The minimum atomic E-state index is -0.420. The van der Waals surface area contributed by atoms with Crippen molar-refractivity contribution in [3.05, 3.63) is 22.8 Å². The number of carbonyl (C=O) groups excluding carboxylic acids is 2. The molecule has 2 heterocycles. The number of hydrogen-bond donors (Lipinski definition) is 1. The van der Waals surface area contributed by atoms with Gasteiger partial charge in [0.15, 0.2) is 5.16 Å². The highest BCUT2D eigenvalue weighted by Gasteiger charge is 2.20. The molecule has 9 heteroatoms. The first-order valence-electron chi connectivity index (χ1n) is 7.49. The first-order chi connectivity index (χ1) is 11.4. The van der Waals surface area contributed by atoms with Crippen LogP contribution in [0.1, 0.15) is 41.9 Å². The molecule has 0 aromatic carbocycles. The molecule has 0 saturated heterocycles. The molecule has 0 aliphatic carbocycles. The van der Waals surface area contributed by atoms with Crippen molar-refractivity contribution in [3.8, 4) is 0 Å². The second-order valence-electron chi connectivity index (χ2n) is 5.33. The summed E-state index contributed by atoms with van der Waals surface area (Å²) >= 11 is 2.69. The van der Waals surface area contributed by atoms with Crippen LogP contribution in [-0.2, 0) is 16.6 Å². The fraction of sp³-hybridized carbons (Fsp3) is 0.467. The van der Waals surface area contributed by atoms with Crippen LogP contribution in [0.5, 0.6) is 0 Å². The zero-order valence-electron chi connectivity index (χ0n) is 14.0. The van der Waals surface area contributed by atoms with Gasteiger partial charge in [-0.05, 0) is 18.9 Å². The average molecular weight is 368 g/mol. The van der Waals surface area contributed by atoms with Crippen LogP contribution < -0.4 is 5.32 Å². The van der Waals surface area contributed by atoms with Gasteiger partial charge in [0.05, 0.1) is 17.9 Å². The fourth-order valence-electron chi connectivity index (χ4n) is 1.84. The third-order valence-corrected chi connectivity index (χ3v) is 5.46. The van der Waals surface area contributed by atoms with Crippen LogP contribution in [0.15, 0.2) is 17.6 Å². The van der Waals surface area contributed by atoms with Crippen molar-refractivity contribution in [1.29, 1.82) is 0 Å². The third kappa shape index (κ3) is 4.57. The standard InChI is InChI=1S/C15H20N4O3S2/c1-5-22-14(21)10-6-11(9(2)3)24-13(10)17-12(20)7-23-15-18-16-8-19(15)4/h6,8-9H,5,7H2,1-4H3,(H,17,20). The molecule has 2 aromatic rings. The number of aryl methyl sites for hydroxylation is 1. The minimum absolute atomic E-state index is 0.184. The fourth-order valence-corrected chi connectivity index (χ4v) is 3.60. The van der Waals surface area contributed by atoms with Gasteiger partial charge in [-0.3, -0.25) is 4.79 Å². The van der Waals surface area contributed by atoms with Crippen molar-refractivity contribution < 1.29 is 14.3 Å². The van der Waals surface area contributed by atoms with Crippen LogP contribution in [0, 0.1) is 0 Å². The molecule has 0 radical (unpaired) electrons. The maximum atomic E-state index is 12.2. The number of nitrogens with zero attached hydrogens (tertiary/aromatic N) is 3. The Morgan fingerprint density at radius 1 is 1.46 bits per heavy atom. The number of ether oxygens (including phenoxy) is 1. The van der Waals surface area contributed by atoms with Gasteiger partial charge in [0.2, 0.25) is 5.91 Å². The van der Waals surface area contributed by atoms with Gasteiger partial charge in [0.25, 0.3) is 0 Å². The number of anilines is 1. The summed E-state index contributed by atoms with van der Waals surface area (Å²) in [5, 5.41) is 11.7. The lowest BCUT2D eigenvalue weighted by Crippen LogP contribution is -2.16. The summed E-state index contributed by atoms with van der Waals surface area (Å²) < 4.78 is 6.81. The van der Waals surface area contributed by atoms with E-state index < -0.39 is 5.97 Å². The second-order valence-corrected chi connectivity index (χ2v) is 7.35. The number of rotatable bonds is 7. The lowest BCUT2D eigenvalue weighted by Gasteiger charge is -2.05. The summed E-state index contributed by atoms with van der Waals surface area (Å²) in [6.45, 7) is 6.12. The van der Waals surface area contributed by atoms with Crippen molar-refractivity contribution in [2.75, 3.05) is 17.7 Å². The van der Waals surface area contributed by atoms with Gasteiger partial charge in [-0.2, -0.15) is 0 Å². The number of thioether (sulfide) groups is 1. The van der Waals surface area contributed by atoms with E-state index in [0.717, 1.165) is 4.88 Å². The van der Waals surface area contributed by atoms with E-state index in [1.54, 1.807) is 23.9 Å². The summed E-state index contributed by atoms with van der Waals surface area (Å²) in [6, 6.07) is 1.79. The van der Waals surface area contributed by atoms with E-state index in [1.165, 1.54) is 23.1 Å². The molecule has 2 rings (SSSR count). The van der Waals surface area contributed by atoms with Crippen LogP contribution >= 0.6 is 23.1 Å². The smallest absolute Gasteiger partial charge is 0.341 e. The summed E-state index contributed by atoms with van der Waals surface area (Å²) in [6.07, 6.45) is 1.58. The molecule has 0 aliphatic rings. The van der Waals surface area contributed by atoms with Gasteiger partial charge in [-0.15, -0.1) is 21.5 Å². The molecule has 7 nitrogen and oxygen atoms in total. The molecular formula is C15H20N4O3S2. The van der Waals surface area contributed by atoms with Crippen molar-refractivity contribution in [2.24, 2.45) is 7.05 Å². The van der Waals surface area contributed by atoms with Crippen LogP contribution in [0.3, 0.4) is 0 Å². The normalized spacial score (nSPS) is 10.9. The van der Waals surface area contributed by atoms with Gasteiger partial charge in [-0.1, -0.05) is 25.6 Å². The number of aromatic nitrogens is 3. The van der Waals surface area contributed by atoms with Gasteiger partial charge < -0.3 is 14.6 Å². The summed E-state index contributed by atoms with van der Waals surface area (Å²) in [5.41, 5.74) is 0.405. The largest absolute Gasteiger partial charge is 0.462 e.